The van der Waals surface area contributed by atoms with Crippen LogP contribution < -0.4 is 0 Å². The third kappa shape index (κ3) is 2.50. The van der Waals surface area contributed by atoms with Gasteiger partial charge in [-0.05, 0) is 36.0 Å². The molecule has 1 aromatic rings. The molecule has 0 aromatic heterocycles. The zero-order chi connectivity index (χ0) is 11.4. The second-order valence-corrected chi connectivity index (χ2v) is 4.27. The second kappa shape index (κ2) is 5.16. The maximum Gasteiger partial charge on any atom is 0.00184 e. The molecule has 0 aliphatic carbocycles. The molecule has 0 heteroatoms. The molecule has 1 atom stereocenters. The van der Waals surface area contributed by atoms with Gasteiger partial charge in [-0.1, -0.05) is 45.0 Å². The maximum absolute atomic E-state index is 4.12. The van der Waals surface area contributed by atoms with Gasteiger partial charge in [0.1, 0.15) is 0 Å². The Labute approximate surface area is 94.0 Å². The predicted molar refractivity (Wildman–Crippen MR) is 68.2 cm³/mol. The van der Waals surface area contributed by atoms with Crippen LogP contribution in [0.4, 0.5) is 0 Å². The van der Waals surface area contributed by atoms with E-state index in [4.69, 9.17) is 0 Å². The Morgan fingerprint density at radius 2 is 1.87 bits per heavy atom. The Balaban J connectivity index is 3.27. The summed E-state index contributed by atoms with van der Waals surface area (Å²) in [4.78, 5) is 0. The van der Waals surface area contributed by atoms with Gasteiger partial charge in [0, 0.05) is 5.92 Å². The first-order chi connectivity index (χ1) is 7.11. The van der Waals surface area contributed by atoms with E-state index in [-0.39, 0.29) is 5.92 Å². The van der Waals surface area contributed by atoms with Crippen molar-refractivity contribution in [3.05, 3.63) is 54.5 Å². The average Bonchev–Trinajstić information content (AvgIpc) is 2.26. The summed E-state index contributed by atoms with van der Waals surface area (Å²) in [6.45, 7) is 14.6. The van der Waals surface area contributed by atoms with E-state index in [9.17, 15) is 0 Å². The highest BCUT2D eigenvalue weighted by Crippen LogP contribution is 2.28. The zero-order valence-corrected chi connectivity index (χ0v) is 10.1. The number of benzene rings is 1. The van der Waals surface area contributed by atoms with E-state index >= 15 is 0 Å². The molecule has 1 radical (unpaired) electrons. The molecule has 1 rings (SSSR count). The van der Waals surface area contributed by atoms with E-state index in [1.165, 1.54) is 16.7 Å². The molecular weight excluding hydrogens is 180 g/mol. The lowest BCUT2D eigenvalue weighted by Gasteiger charge is -2.18. The van der Waals surface area contributed by atoms with Gasteiger partial charge in [0.25, 0.3) is 0 Å². The molecule has 0 heterocycles. The first kappa shape index (κ1) is 12.0. The Morgan fingerprint density at radius 1 is 1.27 bits per heavy atom. The van der Waals surface area contributed by atoms with Crippen molar-refractivity contribution in [1.29, 1.82) is 0 Å². The van der Waals surface area contributed by atoms with Gasteiger partial charge in [0.05, 0.1) is 0 Å². The Morgan fingerprint density at radius 3 is 2.33 bits per heavy atom. The molecule has 0 N–H and O–H groups in total. The van der Waals surface area contributed by atoms with Gasteiger partial charge in [-0.15, -0.1) is 6.58 Å². The number of rotatable bonds is 4. The second-order valence-electron chi connectivity index (χ2n) is 4.27. The summed E-state index contributed by atoms with van der Waals surface area (Å²) in [5, 5.41) is 0. The standard InChI is InChI=1S/C15H21/c1-6-12(5)15-10-8-9-14(11(3)4)13(15)7-2/h6,8-12H,1,5,7H2,2-4H3. The summed E-state index contributed by atoms with van der Waals surface area (Å²) in [5.41, 5.74) is 4.23. The van der Waals surface area contributed by atoms with E-state index in [0.717, 1.165) is 6.42 Å². The SMILES string of the molecule is [CH2]C(C=C)c1cccc(C(C)C)c1CC. The van der Waals surface area contributed by atoms with E-state index < -0.39 is 0 Å². The van der Waals surface area contributed by atoms with E-state index in [2.05, 4.69) is 52.5 Å². The lowest BCUT2D eigenvalue weighted by molar-refractivity contribution is 0.832. The lowest BCUT2D eigenvalue weighted by atomic mass is 9.87. The van der Waals surface area contributed by atoms with Gasteiger partial charge in [0.2, 0.25) is 0 Å². The highest BCUT2D eigenvalue weighted by atomic mass is 14.2. The molecule has 0 aliphatic rings. The molecule has 81 valence electrons. The fourth-order valence-electron chi connectivity index (χ4n) is 2.05. The van der Waals surface area contributed by atoms with Crippen LogP contribution in [0.15, 0.2) is 30.9 Å². The van der Waals surface area contributed by atoms with Crippen LogP contribution in [-0.4, -0.2) is 0 Å². The minimum Gasteiger partial charge on any atom is -0.102 e. The van der Waals surface area contributed by atoms with Crippen LogP contribution in [0.2, 0.25) is 0 Å². The number of hydrogen-bond donors (Lipinski definition) is 0. The van der Waals surface area contributed by atoms with Crippen LogP contribution in [0.3, 0.4) is 0 Å². The molecule has 0 saturated carbocycles. The third-order valence-electron chi connectivity index (χ3n) is 2.91. The summed E-state index contributed by atoms with van der Waals surface area (Å²) < 4.78 is 0. The molecule has 0 fully saturated rings. The van der Waals surface area contributed by atoms with Crippen molar-refractivity contribution < 1.29 is 0 Å². The van der Waals surface area contributed by atoms with Gasteiger partial charge >= 0.3 is 0 Å². The lowest BCUT2D eigenvalue weighted by Crippen LogP contribution is -2.02. The molecule has 1 unspecified atom stereocenters. The van der Waals surface area contributed by atoms with Crippen molar-refractivity contribution in [3.63, 3.8) is 0 Å². The predicted octanol–water partition coefficient (Wildman–Crippen LogP) is 4.48. The molecule has 0 nitrogen and oxygen atoms in total. The normalized spacial score (nSPS) is 12.9. The third-order valence-corrected chi connectivity index (χ3v) is 2.91. The minimum absolute atomic E-state index is 0.207. The van der Waals surface area contributed by atoms with Crippen LogP contribution in [0, 0.1) is 6.92 Å². The van der Waals surface area contributed by atoms with Crippen molar-refractivity contribution in [1.82, 2.24) is 0 Å². The quantitative estimate of drug-likeness (QED) is 0.630. The minimum atomic E-state index is 0.207. The van der Waals surface area contributed by atoms with Crippen molar-refractivity contribution in [2.24, 2.45) is 0 Å². The maximum atomic E-state index is 4.12. The molecular formula is C15H21. The summed E-state index contributed by atoms with van der Waals surface area (Å²) in [5.74, 6) is 0.788. The van der Waals surface area contributed by atoms with Gasteiger partial charge in [-0.3, -0.25) is 0 Å². The van der Waals surface area contributed by atoms with Crippen LogP contribution in [0.25, 0.3) is 0 Å². The average molecular weight is 201 g/mol. The fraction of sp³-hybridized carbons (Fsp3) is 0.400. The summed E-state index contributed by atoms with van der Waals surface area (Å²) in [6, 6.07) is 6.53. The molecule has 0 amide bonds. The van der Waals surface area contributed by atoms with Gasteiger partial charge in [-0.2, -0.15) is 0 Å². The smallest absolute Gasteiger partial charge is 0.00184 e. The summed E-state index contributed by atoms with van der Waals surface area (Å²) >= 11 is 0. The Kier molecular flexibility index (Phi) is 4.14. The van der Waals surface area contributed by atoms with Crippen molar-refractivity contribution in [3.8, 4) is 0 Å². The van der Waals surface area contributed by atoms with Crippen LogP contribution >= 0.6 is 0 Å². The highest BCUT2D eigenvalue weighted by molar-refractivity contribution is 5.41. The van der Waals surface area contributed by atoms with Crippen molar-refractivity contribution in [2.45, 2.75) is 39.0 Å². The van der Waals surface area contributed by atoms with Gasteiger partial charge in [0.15, 0.2) is 0 Å². The van der Waals surface area contributed by atoms with Crippen LogP contribution in [-0.2, 0) is 6.42 Å². The first-order valence-electron chi connectivity index (χ1n) is 5.69. The Hall–Kier alpha value is -1.04. The first-order valence-corrected chi connectivity index (χ1v) is 5.69. The van der Waals surface area contributed by atoms with Crippen molar-refractivity contribution in [2.75, 3.05) is 0 Å². The van der Waals surface area contributed by atoms with E-state index in [0.29, 0.717) is 5.92 Å². The molecule has 15 heavy (non-hydrogen) atoms. The topological polar surface area (TPSA) is 0 Å². The van der Waals surface area contributed by atoms with E-state index in [1.807, 2.05) is 6.08 Å². The molecule has 1 aromatic carbocycles. The summed E-state index contributed by atoms with van der Waals surface area (Å²) in [7, 11) is 0. The monoisotopic (exact) mass is 201 g/mol. The number of allylic oxidation sites excluding steroid dienone is 1. The fourth-order valence-corrected chi connectivity index (χ4v) is 2.05. The van der Waals surface area contributed by atoms with Crippen LogP contribution in [0.1, 0.15) is 49.3 Å². The molecule has 0 saturated heterocycles. The summed E-state index contributed by atoms with van der Waals surface area (Å²) in [6.07, 6.45) is 2.99. The van der Waals surface area contributed by atoms with Crippen LogP contribution in [0.5, 0.6) is 0 Å². The van der Waals surface area contributed by atoms with Gasteiger partial charge in [-0.25, -0.2) is 0 Å². The Bertz CT molecular complexity index is 334. The van der Waals surface area contributed by atoms with Crippen molar-refractivity contribution >= 4 is 0 Å². The molecule has 0 spiro atoms. The highest BCUT2D eigenvalue weighted by Gasteiger charge is 2.12. The van der Waals surface area contributed by atoms with E-state index in [1.54, 1.807) is 0 Å². The van der Waals surface area contributed by atoms with Gasteiger partial charge < -0.3 is 0 Å². The zero-order valence-electron chi connectivity index (χ0n) is 10.1. The number of hydrogen-bond acceptors (Lipinski definition) is 0. The largest absolute Gasteiger partial charge is 0.102 e. The molecule has 0 bridgehead atoms. The molecule has 0 aliphatic heterocycles.